The van der Waals surface area contributed by atoms with E-state index in [1.165, 1.54) is 9.75 Å². The van der Waals surface area contributed by atoms with Crippen molar-refractivity contribution in [1.82, 2.24) is 15.2 Å². The average Bonchev–Trinajstić information content (AvgIpc) is 3.15. The van der Waals surface area contributed by atoms with Crippen molar-refractivity contribution in [2.75, 3.05) is 20.1 Å². The number of rotatable bonds is 7. The molecule has 0 spiro atoms. The minimum Gasteiger partial charge on any atom is -0.357 e. The lowest BCUT2D eigenvalue weighted by molar-refractivity contribution is 0.481. The quantitative estimate of drug-likeness (QED) is 0.342. The van der Waals surface area contributed by atoms with Gasteiger partial charge in [-0.25, -0.2) is 4.98 Å². The smallest absolute Gasteiger partial charge is 0.193 e. The van der Waals surface area contributed by atoms with Gasteiger partial charge in [-0.3, -0.25) is 4.99 Å². The van der Waals surface area contributed by atoms with E-state index in [1.54, 1.807) is 22.7 Å². The van der Waals surface area contributed by atoms with Crippen molar-refractivity contribution in [2.45, 2.75) is 33.2 Å². The zero-order chi connectivity index (χ0) is 16.7. The van der Waals surface area contributed by atoms with Crippen LogP contribution in [0.15, 0.2) is 23.3 Å². The number of nitrogens with one attached hydrogen (secondary N) is 1. The lowest BCUT2D eigenvalue weighted by atomic mass is 10.4. The van der Waals surface area contributed by atoms with Crippen molar-refractivity contribution in [1.29, 1.82) is 0 Å². The van der Waals surface area contributed by atoms with Crippen molar-refractivity contribution >= 4 is 64.2 Å². The summed E-state index contributed by atoms with van der Waals surface area (Å²) >= 11 is 9.39. The number of guanidine groups is 1. The SMILES string of the molecule is CCNC(=NCCc1ncc(CC)s1)N(C)Cc1ccc(Cl)s1.I. The third-order valence-corrected chi connectivity index (χ3v) is 5.67. The molecule has 0 saturated carbocycles. The fourth-order valence-electron chi connectivity index (χ4n) is 2.10. The molecule has 0 aliphatic heterocycles. The summed E-state index contributed by atoms with van der Waals surface area (Å²) in [5.74, 6) is 0.921. The Kier molecular flexibility index (Phi) is 10.2. The average molecular weight is 499 g/mol. The van der Waals surface area contributed by atoms with Crippen molar-refractivity contribution in [2.24, 2.45) is 4.99 Å². The first-order chi connectivity index (χ1) is 11.1. The number of thiophene rings is 1. The van der Waals surface area contributed by atoms with E-state index in [4.69, 9.17) is 16.6 Å². The molecular formula is C16H24ClIN4S2. The van der Waals surface area contributed by atoms with Gasteiger partial charge in [-0.2, -0.15) is 0 Å². The van der Waals surface area contributed by atoms with Crippen molar-refractivity contribution in [3.05, 3.63) is 37.4 Å². The van der Waals surface area contributed by atoms with E-state index in [0.717, 1.165) is 47.8 Å². The third kappa shape index (κ3) is 6.85. The Bertz CT molecular complexity index is 642. The van der Waals surface area contributed by atoms with Crippen molar-refractivity contribution in [3.8, 4) is 0 Å². The number of halogens is 2. The molecule has 1 N–H and O–H groups in total. The maximum absolute atomic E-state index is 6.00. The number of aryl methyl sites for hydroxylation is 1. The summed E-state index contributed by atoms with van der Waals surface area (Å²) in [5, 5.41) is 4.50. The van der Waals surface area contributed by atoms with Crippen LogP contribution in [-0.4, -0.2) is 36.0 Å². The lowest BCUT2D eigenvalue weighted by Gasteiger charge is -2.21. The van der Waals surface area contributed by atoms with Crippen LogP contribution in [0.3, 0.4) is 0 Å². The Morgan fingerprint density at radius 3 is 2.67 bits per heavy atom. The molecule has 2 rings (SSSR count). The van der Waals surface area contributed by atoms with Crippen LogP contribution in [0, 0.1) is 0 Å². The summed E-state index contributed by atoms with van der Waals surface area (Å²) in [6, 6.07) is 4.00. The fraction of sp³-hybridized carbons (Fsp3) is 0.500. The second-order valence-corrected chi connectivity index (χ2v) is 8.12. The lowest BCUT2D eigenvalue weighted by Crippen LogP contribution is -2.38. The van der Waals surface area contributed by atoms with Gasteiger partial charge in [0.2, 0.25) is 0 Å². The predicted octanol–water partition coefficient (Wildman–Crippen LogP) is 4.68. The topological polar surface area (TPSA) is 40.5 Å². The van der Waals surface area contributed by atoms with Gasteiger partial charge >= 0.3 is 0 Å². The molecule has 0 unspecified atom stereocenters. The number of aromatic nitrogens is 1. The highest BCUT2D eigenvalue weighted by Crippen LogP contribution is 2.22. The van der Waals surface area contributed by atoms with Gasteiger partial charge in [0.05, 0.1) is 15.9 Å². The highest BCUT2D eigenvalue weighted by atomic mass is 127. The minimum absolute atomic E-state index is 0. The summed E-state index contributed by atoms with van der Waals surface area (Å²) in [6.07, 6.45) is 3.91. The van der Waals surface area contributed by atoms with Crippen LogP contribution in [-0.2, 0) is 19.4 Å². The zero-order valence-corrected chi connectivity index (χ0v) is 18.9. The molecule has 0 aliphatic carbocycles. The first kappa shape index (κ1) is 21.7. The molecule has 0 saturated heterocycles. The van der Waals surface area contributed by atoms with E-state index in [0.29, 0.717) is 0 Å². The molecule has 0 aromatic carbocycles. The van der Waals surface area contributed by atoms with Crippen LogP contribution in [0.4, 0.5) is 0 Å². The van der Waals surface area contributed by atoms with Gasteiger partial charge < -0.3 is 10.2 Å². The number of thiazole rings is 1. The molecule has 0 radical (unpaired) electrons. The molecule has 24 heavy (non-hydrogen) atoms. The molecular weight excluding hydrogens is 475 g/mol. The normalized spacial score (nSPS) is 11.2. The highest BCUT2D eigenvalue weighted by Gasteiger charge is 2.08. The predicted molar refractivity (Wildman–Crippen MR) is 117 cm³/mol. The number of hydrogen-bond donors (Lipinski definition) is 1. The van der Waals surface area contributed by atoms with Crippen molar-refractivity contribution < 1.29 is 0 Å². The van der Waals surface area contributed by atoms with Crippen LogP contribution in [0.2, 0.25) is 4.34 Å². The van der Waals surface area contributed by atoms with Gasteiger partial charge in [0, 0.05) is 42.5 Å². The first-order valence-corrected chi connectivity index (χ1v) is 9.80. The second kappa shape index (κ2) is 11.3. The van der Waals surface area contributed by atoms with Gasteiger partial charge in [0.15, 0.2) is 5.96 Å². The number of nitrogens with zero attached hydrogens (tertiary/aromatic N) is 3. The van der Waals surface area contributed by atoms with Crippen LogP contribution < -0.4 is 5.32 Å². The van der Waals surface area contributed by atoms with Gasteiger partial charge in [-0.15, -0.1) is 46.7 Å². The maximum Gasteiger partial charge on any atom is 0.193 e. The number of aliphatic imine (C=N–C) groups is 1. The maximum atomic E-state index is 6.00. The van der Waals surface area contributed by atoms with E-state index in [9.17, 15) is 0 Å². The molecule has 0 atom stereocenters. The van der Waals surface area contributed by atoms with E-state index in [-0.39, 0.29) is 24.0 Å². The van der Waals surface area contributed by atoms with Gasteiger partial charge in [0.1, 0.15) is 0 Å². The Hall–Kier alpha value is -0.380. The van der Waals surface area contributed by atoms with Crippen LogP contribution >= 0.6 is 58.3 Å². The summed E-state index contributed by atoms with van der Waals surface area (Å²) < 4.78 is 0.825. The largest absolute Gasteiger partial charge is 0.357 e. The van der Waals surface area contributed by atoms with E-state index < -0.39 is 0 Å². The van der Waals surface area contributed by atoms with Crippen LogP contribution in [0.1, 0.15) is 28.6 Å². The summed E-state index contributed by atoms with van der Waals surface area (Å²) in [7, 11) is 2.05. The van der Waals surface area contributed by atoms with Crippen LogP contribution in [0.25, 0.3) is 0 Å². The van der Waals surface area contributed by atoms with E-state index in [1.807, 2.05) is 19.3 Å². The van der Waals surface area contributed by atoms with E-state index in [2.05, 4.69) is 35.1 Å². The van der Waals surface area contributed by atoms with Gasteiger partial charge in [-0.1, -0.05) is 18.5 Å². The van der Waals surface area contributed by atoms with Crippen molar-refractivity contribution in [3.63, 3.8) is 0 Å². The molecule has 2 aromatic heterocycles. The molecule has 2 heterocycles. The number of hydrogen-bond acceptors (Lipinski definition) is 4. The standard InChI is InChI=1S/C16H23ClN4S2.HI/c1-4-12-10-20-15(23-12)8-9-19-16(18-5-2)21(3)11-13-6-7-14(17)22-13;/h6-7,10H,4-5,8-9,11H2,1-3H3,(H,18,19);1H. The Morgan fingerprint density at radius 2 is 2.08 bits per heavy atom. The Balaban J connectivity index is 0.00000288. The Morgan fingerprint density at radius 1 is 1.29 bits per heavy atom. The summed E-state index contributed by atoms with van der Waals surface area (Å²) in [5.41, 5.74) is 0. The third-order valence-electron chi connectivity index (χ3n) is 3.26. The molecule has 0 fully saturated rings. The Labute approximate surface area is 174 Å². The molecule has 8 heteroatoms. The van der Waals surface area contributed by atoms with Gasteiger partial charge in [0.25, 0.3) is 0 Å². The monoisotopic (exact) mass is 498 g/mol. The summed E-state index contributed by atoms with van der Waals surface area (Å²) in [6.45, 7) is 6.64. The molecule has 2 aromatic rings. The molecule has 134 valence electrons. The second-order valence-electron chi connectivity index (χ2n) is 5.12. The summed E-state index contributed by atoms with van der Waals surface area (Å²) in [4.78, 5) is 13.9. The van der Waals surface area contributed by atoms with Crippen LogP contribution in [0.5, 0.6) is 0 Å². The molecule has 0 bridgehead atoms. The molecule has 0 aliphatic rings. The highest BCUT2D eigenvalue weighted by molar-refractivity contribution is 14.0. The van der Waals surface area contributed by atoms with Gasteiger partial charge in [-0.05, 0) is 25.5 Å². The first-order valence-electron chi connectivity index (χ1n) is 7.79. The van der Waals surface area contributed by atoms with E-state index >= 15 is 0 Å². The minimum atomic E-state index is 0. The fourth-order valence-corrected chi connectivity index (χ4v) is 4.09. The zero-order valence-electron chi connectivity index (χ0n) is 14.2. The molecule has 4 nitrogen and oxygen atoms in total. The molecule has 0 amide bonds.